The first-order valence-electron chi connectivity index (χ1n) is 2.37. The van der Waals surface area contributed by atoms with Gasteiger partial charge in [-0.3, -0.25) is 11.3 Å². The molecule has 0 radical (unpaired) electrons. The third-order valence-corrected chi connectivity index (χ3v) is 0.915. The summed E-state index contributed by atoms with van der Waals surface area (Å²) in [5.74, 6) is 4.90. The molecule has 2 nitrogen and oxygen atoms in total. The van der Waals surface area contributed by atoms with Crippen LogP contribution in [0.5, 0.6) is 0 Å². The van der Waals surface area contributed by atoms with Crippen LogP contribution in [-0.2, 0) is 0 Å². The number of hydrogen-bond acceptors (Lipinski definition) is 2. The van der Waals surface area contributed by atoms with Gasteiger partial charge in [-0.25, -0.2) is 4.39 Å². The van der Waals surface area contributed by atoms with Gasteiger partial charge in [-0.1, -0.05) is 6.92 Å². The van der Waals surface area contributed by atoms with Gasteiger partial charge in [0.2, 0.25) is 0 Å². The SMILES string of the molecule is CCC(CF)NN.Cl.Cl. The molecule has 0 bridgehead atoms. The summed E-state index contributed by atoms with van der Waals surface area (Å²) in [6.45, 7) is 1.50. The van der Waals surface area contributed by atoms with E-state index in [1.165, 1.54) is 0 Å². The monoisotopic (exact) mass is 178 g/mol. The normalized spacial score (nSPS) is 11.0. The molecule has 5 heteroatoms. The zero-order valence-electron chi connectivity index (χ0n) is 5.26. The Balaban J connectivity index is -0.000000180. The summed E-state index contributed by atoms with van der Waals surface area (Å²) in [6, 6.07) is -0.153. The minimum absolute atomic E-state index is 0. The maximum atomic E-state index is 11.5. The molecule has 0 aliphatic rings. The van der Waals surface area contributed by atoms with Gasteiger partial charge < -0.3 is 0 Å². The van der Waals surface area contributed by atoms with Crippen molar-refractivity contribution < 1.29 is 4.39 Å². The van der Waals surface area contributed by atoms with Gasteiger partial charge in [0.15, 0.2) is 0 Å². The standard InChI is InChI=1S/C4H11FN2.2ClH/c1-2-4(3-5)7-6;;/h4,7H,2-3,6H2,1H3;2*1H. The van der Waals surface area contributed by atoms with Crippen molar-refractivity contribution in [3.8, 4) is 0 Å². The van der Waals surface area contributed by atoms with Gasteiger partial charge in [-0.15, -0.1) is 24.8 Å². The minimum Gasteiger partial charge on any atom is -0.271 e. The van der Waals surface area contributed by atoms with E-state index in [0.717, 1.165) is 6.42 Å². The molecule has 0 fully saturated rings. The third kappa shape index (κ3) is 8.43. The summed E-state index contributed by atoms with van der Waals surface area (Å²) >= 11 is 0. The number of nitrogens with two attached hydrogens (primary N) is 1. The molecule has 0 saturated carbocycles. The predicted molar refractivity (Wildman–Crippen MR) is 41.9 cm³/mol. The maximum Gasteiger partial charge on any atom is 0.106 e. The van der Waals surface area contributed by atoms with Gasteiger partial charge in [-0.05, 0) is 6.42 Å². The average molecular weight is 179 g/mol. The Bertz CT molecular complexity index is 38.0. The fourth-order valence-electron chi connectivity index (χ4n) is 0.272. The highest BCUT2D eigenvalue weighted by molar-refractivity contribution is 5.85. The van der Waals surface area contributed by atoms with Crippen LogP contribution in [0, 0.1) is 0 Å². The Kier molecular flexibility index (Phi) is 20.3. The topological polar surface area (TPSA) is 38.0 Å². The number of rotatable bonds is 3. The van der Waals surface area contributed by atoms with Crippen molar-refractivity contribution in [2.24, 2.45) is 5.84 Å². The number of nitrogens with one attached hydrogen (secondary N) is 1. The summed E-state index contributed by atoms with van der Waals surface area (Å²) in [5, 5.41) is 0. The van der Waals surface area contributed by atoms with E-state index in [1.807, 2.05) is 6.92 Å². The van der Waals surface area contributed by atoms with Crippen LogP contribution in [0.4, 0.5) is 4.39 Å². The Morgan fingerprint density at radius 2 is 2.00 bits per heavy atom. The van der Waals surface area contributed by atoms with Crippen molar-refractivity contribution >= 4 is 24.8 Å². The van der Waals surface area contributed by atoms with Crippen molar-refractivity contribution in [3.63, 3.8) is 0 Å². The molecule has 1 unspecified atom stereocenters. The molecule has 0 aliphatic heterocycles. The molecule has 0 aromatic carbocycles. The molecule has 0 saturated heterocycles. The Morgan fingerprint density at radius 1 is 1.56 bits per heavy atom. The molecule has 0 amide bonds. The van der Waals surface area contributed by atoms with E-state index in [9.17, 15) is 4.39 Å². The van der Waals surface area contributed by atoms with Crippen molar-refractivity contribution in [1.29, 1.82) is 0 Å². The molecule has 3 N–H and O–H groups in total. The molecule has 0 aromatic rings. The molecule has 0 rings (SSSR count). The van der Waals surface area contributed by atoms with Crippen molar-refractivity contribution in [3.05, 3.63) is 0 Å². The lowest BCUT2D eigenvalue weighted by Crippen LogP contribution is -2.35. The summed E-state index contributed by atoms with van der Waals surface area (Å²) in [6.07, 6.45) is 0.743. The van der Waals surface area contributed by atoms with Gasteiger partial charge in [0.05, 0.1) is 0 Å². The van der Waals surface area contributed by atoms with Crippen LogP contribution in [0.25, 0.3) is 0 Å². The van der Waals surface area contributed by atoms with Gasteiger partial charge >= 0.3 is 0 Å². The van der Waals surface area contributed by atoms with E-state index in [-0.39, 0.29) is 37.5 Å². The smallest absolute Gasteiger partial charge is 0.106 e. The number of halogens is 3. The number of alkyl halides is 1. The molecule has 60 valence electrons. The van der Waals surface area contributed by atoms with Crippen molar-refractivity contribution in [1.82, 2.24) is 5.43 Å². The quantitative estimate of drug-likeness (QED) is 0.501. The van der Waals surface area contributed by atoms with Gasteiger partial charge in [-0.2, -0.15) is 0 Å². The first kappa shape index (κ1) is 16.2. The molecule has 0 aromatic heterocycles. The molecule has 0 aliphatic carbocycles. The van der Waals surface area contributed by atoms with Gasteiger partial charge in [0.25, 0.3) is 0 Å². The molecule has 0 spiro atoms. The minimum atomic E-state index is -0.382. The van der Waals surface area contributed by atoms with E-state index >= 15 is 0 Å². The lowest BCUT2D eigenvalue weighted by Gasteiger charge is -2.05. The van der Waals surface area contributed by atoms with Gasteiger partial charge in [0.1, 0.15) is 6.67 Å². The van der Waals surface area contributed by atoms with E-state index in [0.29, 0.717) is 0 Å². The second-order valence-electron chi connectivity index (χ2n) is 1.43. The average Bonchev–Trinajstić information content (AvgIpc) is 1.72. The molecule has 1 atom stereocenters. The lowest BCUT2D eigenvalue weighted by atomic mass is 10.3. The van der Waals surface area contributed by atoms with Crippen LogP contribution in [0.2, 0.25) is 0 Å². The van der Waals surface area contributed by atoms with Crippen LogP contribution in [0.3, 0.4) is 0 Å². The maximum absolute atomic E-state index is 11.5. The summed E-state index contributed by atoms with van der Waals surface area (Å²) in [4.78, 5) is 0. The molecule has 0 heterocycles. The molecular weight excluding hydrogens is 166 g/mol. The highest BCUT2D eigenvalue weighted by atomic mass is 35.5. The van der Waals surface area contributed by atoms with E-state index < -0.39 is 0 Å². The Hall–Kier alpha value is 0.430. The van der Waals surface area contributed by atoms with Crippen LogP contribution in [0.1, 0.15) is 13.3 Å². The predicted octanol–water partition coefficient (Wildman–Crippen LogP) is 1.04. The molecular formula is C4H13Cl2FN2. The Labute approximate surface area is 67.2 Å². The van der Waals surface area contributed by atoms with Crippen molar-refractivity contribution in [2.75, 3.05) is 6.67 Å². The second kappa shape index (κ2) is 11.3. The highest BCUT2D eigenvalue weighted by Gasteiger charge is 1.98. The molecule has 9 heavy (non-hydrogen) atoms. The zero-order valence-corrected chi connectivity index (χ0v) is 6.90. The number of hydrazine groups is 1. The first-order chi connectivity index (χ1) is 3.35. The second-order valence-corrected chi connectivity index (χ2v) is 1.43. The fourth-order valence-corrected chi connectivity index (χ4v) is 0.272. The van der Waals surface area contributed by atoms with E-state index in [2.05, 4.69) is 5.43 Å². The summed E-state index contributed by atoms with van der Waals surface area (Å²) in [5.41, 5.74) is 2.33. The van der Waals surface area contributed by atoms with E-state index in [1.54, 1.807) is 0 Å². The van der Waals surface area contributed by atoms with Crippen LogP contribution >= 0.6 is 24.8 Å². The lowest BCUT2D eigenvalue weighted by molar-refractivity contribution is 0.371. The largest absolute Gasteiger partial charge is 0.271 e. The summed E-state index contributed by atoms with van der Waals surface area (Å²) in [7, 11) is 0. The van der Waals surface area contributed by atoms with Crippen LogP contribution < -0.4 is 11.3 Å². The van der Waals surface area contributed by atoms with Crippen LogP contribution in [-0.4, -0.2) is 12.7 Å². The van der Waals surface area contributed by atoms with Gasteiger partial charge in [0, 0.05) is 6.04 Å². The highest BCUT2D eigenvalue weighted by Crippen LogP contribution is 1.86. The number of hydrogen-bond donors (Lipinski definition) is 2. The van der Waals surface area contributed by atoms with E-state index in [4.69, 9.17) is 5.84 Å². The van der Waals surface area contributed by atoms with Crippen molar-refractivity contribution in [2.45, 2.75) is 19.4 Å². The third-order valence-electron chi connectivity index (χ3n) is 0.915. The first-order valence-corrected chi connectivity index (χ1v) is 2.37. The summed E-state index contributed by atoms with van der Waals surface area (Å²) < 4.78 is 11.5. The Morgan fingerprint density at radius 3 is 2.00 bits per heavy atom. The zero-order chi connectivity index (χ0) is 5.70. The fraction of sp³-hybridized carbons (Fsp3) is 1.00. The van der Waals surface area contributed by atoms with Crippen LogP contribution in [0.15, 0.2) is 0 Å².